The predicted octanol–water partition coefficient (Wildman–Crippen LogP) is 4.38. The Morgan fingerprint density at radius 1 is 1.00 bits per heavy atom. The predicted molar refractivity (Wildman–Crippen MR) is 144 cm³/mol. The van der Waals surface area contributed by atoms with Crippen molar-refractivity contribution in [2.45, 2.75) is 26.5 Å². The number of aromatic nitrogens is 1. The molecule has 0 spiro atoms. The van der Waals surface area contributed by atoms with E-state index in [-0.39, 0.29) is 12.2 Å². The van der Waals surface area contributed by atoms with E-state index in [9.17, 15) is 9.59 Å². The second-order valence-corrected chi connectivity index (χ2v) is 9.57. The van der Waals surface area contributed by atoms with Crippen LogP contribution >= 0.6 is 11.3 Å². The van der Waals surface area contributed by atoms with Crippen LogP contribution in [0.15, 0.2) is 106 Å². The lowest BCUT2D eigenvalue weighted by Crippen LogP contribution is -2.39. The molecule has 0 bridgehead atoms. The van der Waals surface area contributed by atoms with Crippen molar-refractivity contribution < 1.29 is 14.3 Å². The maximum Gasteiger partial charge on any atom is 0.338 e. The lowest BCUT2D eigenvalue weighted by Gasteiger charge is -2.24. The summed E-state index contributed by atoms with van der Waals surface area (Å²) in [4.78, 5) is 31.7. The SMILES string of the molecule is CCOC(=O)C1=C(C)N=c2s/c(=C\c3ccc(OCc4ccccc4)cc3)c(=O)n2C1c1ccccc1. The van der Waals surface area contributed by atoms with Gasteiger partial charge >= 0.3 is 5.97 Å². The fraction of sp³-hybridized carbons (Fsp3) is 0.167. The third-order valence-corrected chi connectivity index (χ3v) is 7.04. The number of hydrogen-bond acceptors (Lipinski definition) is 6. The molecule has 3 aromatic carbocycles. The van der Waals surface area contributed by atoms with Gasteiger partial charge in [-0.15, -0.1) is 0 Å². The molecule has 0 fully saturated rings. The van der Waals surface area contributed by atoms with Crippen LogP contribution in [0, 0.1) is 0 Å². The normalized spacial score (nSPS) is 15.2. The van der Waals surface area contributed by atoms with Gasteiger partial charge in [-0.2, -0.15) is 0 Å². The summed E-state index contributed by atoms with van der Waals surface area (Å²) in [5, 5.41) is 0. The van der Waals surface area contributed by atoms with Crippen LogP contribution in [0.1, 0.15) is 36.6 Å². The summed E-state index contributed by atoms with van der Waals surface area (Å²) in [6.45, 7) is 4.28. The molecule has 0 radical (unpaired) electrons. The molecule has 0 N–H and O–H groups in total. The van der Waals surface area contributed by atoms with Gasteiger partial charge in [0.1, 0.15) is 12.4 Å². The molecular formula is C30H26N2O4S. The van der Waals surface area contributed by atoms with Crippen molar-refractivity contribution in [3.8, 4) is 5.75 Å². The molecule has 37 heavy (non-hydrogen) atoms. The highest BCUT2D eigenvalue weighted by atomic mass is 32.1. The maximum atomic E-state index is 13.6. The molecule has 0 aliphatic carbocycles. The van der Waals surface area contributed by atoms with E-state index in [1.54, 1.807) is 18.4 Å². The first-order valence-corrected chi connectivity index (χ1v) is 12.9. The Labute approximate surface area is 218 Å². The van der Waals surface area contributed by atoms with Crippen molar-refractivity contribution >= 4 is 23.4 Å². The zero-order valence-electron chi connectivity index (χ0n) is 20.6. The highest BCUT2D eigenvalue weighted by molar-refractivity contribution is 7.07. The first kappa shape index (κ1) is 24.5. The van der Waals surface area contributed by atoms with E-state index in [2.05, 4.69) is 4.99 Å². The number of thiazole rings is 1. The molecule has 6 nitrogen and oxygen atoms in total. The largest absolute Gasteiger partial charge is 0.489 e. The van der Waals surface area contributed by atoms with Crippen molar-refractivity contribution in [1.29, 1.82) is 0 Å². The summed E-state index contributed by atoms with van der Waals surface area (Å²) in [5.41, 5.74) is 3.53. The van der Waals surface area contributed by atoms with Crippen LogP contribution in [0.5, 0.6) is 5.75 Å². The second kappa shape index (κ2) is 10.8. The van der Waals surface area contributed by atoms with Crippen molar-refractivity contribution in [2.24, 2.45) is 4.99 Å². The van der Waals surface area contributed by atoms with Gasteiger partial charge in [-0.3, -0.25) is 9.36 Å². The van der Waals surface area contributed by atoms with Gasteiger partial charge in [-0.1, -0.05) is 84.1 Å². The minimum atomic E-state index is -0.604. The van der Waals surface area contributed by atoms with Gasteiger partial charge in [0.2, 0.25) is 0 Å². The maximum absolute atomic E-state index is 13.6. The first-order chi connectivity index (χ1) is 18.0. The van der Waals surface area contributed by atoms with Gasteiger partial charge in [0.05, 0.1) is 28.5 Å². The summed E-state index contributed by atoms with van der Waals surface area (Å²) in [5.74, 6) is 0.291. The van der Waals surface area contributed by atoms with Gasteiger partial charge < -0.3 is 9.47 Å². The molecule has 1 unspecified atom stereocenters. The number of nitrogens with zero attached hydrogens (tertiary/aromatic N) is 2. The van der Waals surface area contributed by atoms with Crippen LogP contribution in [0.4, 0.5) is 0 Å². The summed E-state index contributed by atoms with van der Waals surface area (Å²) in [6.07, 6.45) is 1.84. The average Bonchev–Trinajstić information content (AvgIpc) is 3.22. The molecular weight excluding hydrogens is 484 g/mol. The zero-order valence-corrected chi connectivity index (χ0v) is 21.4. The number of allylic oxidation sites excluding steroid dienone is 1. The van der Waals surface area contributed by atoms with Crippen molar-refractivity contribution in [3.63, 3.8) is 0 Å². The summed E-state index contributed by atoms with van der Waals surface area (Å²) in [6, 6.07) is 26.5. The van der Waals surface area contributed by atoms with Crippen LogP contribution in [0.25, 0.3) is 6.08 Å². The molecule has 186 valence electrons. The van der Waals surface area contributed by atoms with Crippen LogP contribution in [0.2, 0.25) is 0 Å². The molecule has 1 atom stereocenters. The monoisotopic (exact) mass is 510 g/mol. The Balaban J connectivity index is 1.50. The fourth-order valence-electron chi connectivity index (χ4n) is 4.29. The van der Waals surface area contributed by atoms with E-state index in [1.165, 1.54) is 11.3 Å². The average molecular weight is 511 g/mol. The number of benzene rings is 3. The standard InChI is InChI=1S/C30H26N2O4S/c1-3-35-29(34)26-20(2)31-30-32(27(26)23-12-8-5-9-13-23)28(33)25(37-30)18-21-14-16-24(17-15-21)36-19-22-10-6-4-7-11-22/h4-18,27H,3,19H2,1-2H3/b25-18-. The smallest absolute Gasteiger partial charge is 0.338 e. The van der Waals surface area contributed by atoms with E-state index < -0.39 is 12.0 Å². The van der Waals surface area contributed by atoms with Crippen molar-refractivity contribution in [3.05, 3.63) is 133 Å². The zero-order chi connectivity index (χ0) is 25.8. The van der Waals surface area contributed by atoms with Crippen molar-refractivity contribution in [1.82, 2.24) is 4.57 Å². The van der Waals surface area contributed by atoms with Gasteiger partial charge in [0.25, 0.3) is 5.56 Å². The minimum absolute atomic E-state index is 0.198. The highest BCUT2D eigenvalue weighted by Crippen LogP contribution is 2.30. The number of carbonyl (C=O) groups is 1. The second-order valence-electron chi connectivity index (χ2n) is 8.56. The molecule has 0 saturated heterocycles. The molecule has 1 aromatic heterocycles. The molecule has 4 aromatic rings. The first-order valence-electron chi connectivity index (χ1n) is 12.1. The molecule has 7 heteroatoms. The molecule has 1 aliphatic rings. The molecule has 0 saturated carbocycles. The van der Waals surface area contributed by atoms with E-state index in [0.717, 1.165) is 22.4 Å². The van der Waals surface area contributed by atoms with Gasteiger partial charge in [0.15, 0.2) is 4.80 Å². The number of fused-ring (bicyclic) bond motifs is 1. The number of carbonyl (C=O) groups excluding carboxylic acids is 1. The number of esters is 1. The third kappa shape index (κ3) is 5.17. The lowest BCUT2D eigenvalue weighted by atomic mass is 9.96. The van der Waals surface area contributed by atoms with E-state index in [1.807, 2.05) is 91.0 Å². The van der Waals surface area contributed by atoms with E-state index >= 15 is 0 Å². The van der Waals surface area contributed by atoms with Gasteiger partial charge in [0, 0.05) is 0 Å². The number of rotatable bonds is 7. The fourth-order valence-corrected chi connectivity index (χ4v) is 5.34. The summed E-state index contributed by atoms with van der Waals surface area (Å²) in [7, 11) is 0. The van der Waals surface area contributed by atoms with E-state index in [4.69, 9.17) is 9.47 Å². The highest BCUT2D eigenvalue weighted by Gasteiger charge is 2.33. The molecule has 1 aliphatic heterocycles. The van der Waals surface area contributed by atoms with E-state index in [0.29, 0.717) is 27.2 Å². The third-order valence-electron chi connectivity index (χ3n) is 6.06. The van der Waals surface area contributed by atoms with Gasteiger partial charge in [-0.25, -0.2) is 9.79 Å². The number of ether oxygens (including phenoxy) is 2. The molecule has 0 amide bonds. The minimum Gasteiger partial charge on any atom is -0.489 e. The summed E-state index contributed by atoms with van der Waals surface area (Å²) < 4.78 is 13.3. The molecule has 2 heterocycles. The quantitative estimate of drug-likeness (QED) is 0.346. The van der Waals surface area contributed by atoms with Crippen LogP contribution < -0.4 is 19.6 Å². The van der Waals surface area contributed by atoms with Gasteiger partial charge in [-0.05, 0) is 48.7 Å². The summed E-state index contributed by atoms with van der Waals surface area (Å²) >= 11 is 1.31. The van der Waals surface area contributed by atoms with Crippen LogP contribution in [0.3, 0.4) is 0 Å². The lowest BCUT2D eigenvalue weighted by molar-refractivity contribution is -0.139. The van der Waals surface area contributed by atoms with Crippen molar-refractivity contribution in [2.75, 3.05) is 6.61 Å². The van der Waals surface area contributed by atoms with Crippen LogP contribution in [-0.2, 0) is 16.1 Å². The van der Waals surface area contributed by atoms with Crippen LogP contribution in [-0.4, -0.2) is 17.1 Å². The Hall–Kier alpha value is -4.23. The Bertz CT molecular complexity index is 1620. The molecule has 5 rings (SSSR count). The number of hydrogen-bond donors (Lipinski definition) is 0. The topological polar surface area (TPSA) is 69.9 Å². The Morgan fingerprint density at radius 3 is 2.35 bits per heavy atom. The Kier molecular flexibility index (Phi) is 7.14. The Morgan fingerprint density at radius 2 is 1.68 bits per heavy atom.